The van der Waals surface area contributed by atoms with E-state index in [-0.39, 0.29) is 22.8 Å². The number of aliphatic hydroxyl groups is 1. The maximum atomic E-state index is 11.6. The summed E-state index contributed by atoms with van der Waals surface area (Å²) < 4.78 is 0. The number of halogens is 1. The van der Waals surface area contributed by atoms with Crippen molar-refractivity contribution in [3.63, 3.8) is 0 Å². The molecule has 1 atom stereocenters. The Kier molecular flexibility index (Phi) is 4.42. The monoisotopic (exact) mass is 258 g/mol. The number of carbonyl (C=O) groups is 1. The fourth-order valence-corrected chi connectivity index (χ4v) is 1.36. The largest absolute Gasteiger partial charge is 0.392 e. The van der Waals surface area contributed by atoms with Crippen LogP contribution in [0, 0.1) is 10.1 Å². The van der Waals surface area contributed by atoms with Crippen LogP contribution in [0.3, 0.4) is 0 Å². The second kappa shape index (κ2) is 5.60. The molecule has 0 fully saturated rings. The normalized spacial score (nSPS) is 11.9. The number of amides is 1. The number of carbonyl (C=O) groups excluding carboxylic acids is 1. The van der Waals surface area contributed by atoms with Crippen molar-refractivity contribution in [2.24, 2.45) is 0 Å². The molecule has 2 N–H and O–H groups in total. The van der Waals surface area contributed by atoms with Gasteiger partial charge in [0.05, 0.1) is 11.0 Å². The number of hydrogen-bond donors (Lipinski definition) is 2. The van der Waals surface area contributed by atoms with Crippen LogP contribution in [-0.2, 0) is 0 Å². The Balaban J connectivity index is 2.98. The van der Waals surface area contributed by atoms with Gasteiger partial charge in [0, 0.05) is 17.6 Å². The van der Waals surface area contributed by atoms with E-state index in [1.807, 2.05) is 0 Å². The van der Waals surface area contributed by atoms with E-state index in [2.05, 4.69) is 5.32 Å². The zero-order valence-electron chi connectivity index (χ0n) is 9.01. The summed E-state index contributed by atoms with van der Waals surface area (Å²) >= 11 is 5.68. The van der Waals surface area contributed by atoms with Crippen LogP contribution in [0.1, 0.15) is 17.3 Å². The fraction of sp³-hybridized carbons (Fsp3) is 0.300. The summed E-state index contributed by atoms with van der Waals surface area (Å²) in [5.41, 5.74) is -0.444. The lowest BCUT2D eigenvalue weighted by molar-refractivity contribution is -0.385. The van der Waals surface area contributed by atoms with Gasteiger partial charge in [0.1, 0.15) is 5.56 Å². The van der Waals surface area contributed by atoms with Gasteiger partial charge in [-0.15, -0.1) is 0 Å². The molecule has 1 amide bonds. The molecule has 0 aromatic heterocycles. The molecule has 0 bridgehead atoms. The molecule has 0 aliphatic rings. The number of nitrogens with zero attached hydrogens (tertiary/aromatic N) is 1. The highest BCUT2D eigenvalue weighted by Gasteiger charge is 2.20. The van der Waals surface area contributed by atoms with Gasteiger partial charge in [-0.25, -0.2) is 0 Å². The van der Waals surface area contributed by atoms with E-state index < -0.39 is 16.9 Å². The van der Waals surface area contributed by atoms with Gasteiger partial charge in [0.25, 0.3) is 11.6 Å². The highest BCUT2D eigenvalue weighted by atomic mass is 35.5. The van der Waals surface area contributed by atoms with Crippen molar-refractivity contribution in [3.8, 4) is 0 Å². The molecule has 92 valence electrons. The van der Waals surface area contributed by atoms with Crippen molar-refractivity contribution < 1.29 is 14.8 Å². The first-order valence-corrected chi connectivity index (χ1v) is 5.20. The first kappa shape index (κ1) is 13.4. The molecular weight excluding hydrogens is 248 g/mol. The number of aliphatic hydroxyl groups excluding tert-OH is 1. The molecule has 7 heteroatoms. The zero-order chi connectivity index (χ0) is 13.0. The third-order valence-electron chi connectivity index (χ3n) is 1.96. The van der Waals surface area contributed by atoms with Gasteiger partial charge >= 0.3 is 0 Å². The van der Waals surface area contributed by atoms with Crippen LogP contribution < -0.4 is 5.32 Å². The van der Waals surface area contributed by atoms with Crippen LogP contribution in [0.4, 0.5) is 5.69 Å². The summed E-state index contributed by atoms with van der Waals surface area (Å²) in [4.78, 5) is 21.7. The summed E-state index contributed by atoms with van der Waals surface area (Å²) in [5, 5.41) is 22.3. The van der Waals surface area contributed by atoms with E-state index in [0.717, 1.165) is 0 Å². The lowest BCUT2D eigenvalue weighted by Crippen LogP contribution is -2.30. The van der Waals surface area contributed by atoms with Gasteiger partial charge in [-0.2, -0.15) is 0 Å². The molecule has 0 heterocycles. The van der Waals surface area contributed by atoms with Gasteiger partial charge in [-0.1, -0.05) is 11.6 Å². The van der Waals surface area contributed by atoms with E-state index in [1.54, 1.807) is 0 Å². The van der Waals surface area contributed by atoms with Crippen LogP contribution in [0.25, 0.3) is 0 Å². The molecule has 6 nitrogen and oxygen atoms in total. The third-order valence-corrected chi connectivity index (χ3v) is 2.19. The van der Waals surface area contributed by atoms with E-state index in [1.165, 1.54) is 25.1 Å². The molecule has 0 radical (unpaired) electrons. The number of hydrogen-bond acceptors (Lipinski definition) is 4. The summed E-state index contributed by atoms with van der Waals surface area (Å²) in [5.74, 6) is -0.639. The second-order valence-electron chi connectivity index (χ2n) is 3.48. The average molecular weight is 259 g/mol. The van der Waals surface area contributed by atoms with Crippen LogP contribution in [-0.4, -0.2) is 28.6 Å². The summed E-state index contributed by atoms with van der Waals surface area (Å²) in [6.07, 6.45) is -0.725. The summed E-state index contributed by atoms with van der Waals surface area (Å²) in [7, 11) is 0. The average Bonchev–Trinajstić information content (AvgIpc) is 2.25. The van der Waals surface area contributed by atoms with Crippen molar-refractivity contribution >= 4 is 23.2 Å². The summed E-state index contributed by atoms with van der Waals surface area (Å²) in [6.45, 7) is 1.51. The number of nitro benzene ring substituents is 1. The number of nitrogens with one attached hydrogen (secondary N) is 1. The van der Waals surface area contributed by atoms with Gasteiger partial charge < -0.3 is 10.4 Å². The maximum Gasteiger partial charge on any atom is 0.282 e. The number of nitro groups is 1. The molecule has 0 unspecified atom stereocenters. The lowest BCUT2D eigenvalue weighted by Gasteiger charge is -2.07. The quantitative estimate of drug-likeness (QED) is 0.630. The molecule has 0 aliphatic carbocycles. The Labute approximate surface area is 102 Å². The summed E-state index contributed by atoms with van der Waals surface area (Å²) in [6, 6.07) is 3.72. The maximum absolute atomic E-state index is 11.6. The third kappa shape index (κ3) is 3.69. The molecule has 0 spiro atoms. The molecular formula is C10H11ClN2O4. The van der Waals surface area contributed by atoms with Crippen molar-refractivity contribution in [1.82, 2.24) is 5.32 Å². The van der Waals surface area contributed by atoms with Crippen LogP contribution >= 0.6 is 11.6 Å². The molecule has 1 rings (SSSR count). The smallest absolute Gasteiger partial charge is 0.282 e. The first-order chi connectivity index (χ1) is 7.91. The molecule has 0 aliphatic heterocycles. The Morgan fingerprint density at radius 3 is 2.82 bits per heavy atom. The number of benzene rings is 1. The molecule has 1 aromatic rings. The van der Waals surface area contributed by atoms with Crippen molar-refractivity contribution in [1.29, 1.82) is 0 Å². The predicted octanol–water partition coefficient (Wildman–Crippen LogP) is 1.36. The standard InChI is InChI=1S/C10H11ClN2O4/c1-6(14)5-12-10(15)8-4-7(11)2-3-9(8)13(16)17/h2-4,6,14H,5H2,1H3,(H,12,15)/t6-/m0/s1. The minimum Gasteiger partial charge on any atom is -0.392 e. The predicted molar refractivity (Wildman–Crippen MR) is 62.1 cm³/mol. The van der Waals surface area contributed by atoms with Gasteiger partial charge in [-0.05, 0) is 19.1 Å². The Morgan fingerprint density at radius 2 is 2.29 bits per heavy atom. The van der Waals surface area contributed by atoms with Gasteiger partial charge in [-0.3, -0.25) is 14.9 Å². The van der Waals surface area contributed by atoms with Crippen molar-refractivity contribution in [2.75, 3.05) is 6.54 Å². The first-order valence-electron chi connectivity index (χ1n) is 4.82. The van der Waals surface area contributed by atoms with E-state index in [4.69, 9.17) is 16.7 Å². The SMILES string of the molecule is C[C@H](O)CNC(=O)c1cc(Cl)ccc1[N+](=O)[O-]. The Hall–Kier alpha value is -1.66. The zero-order valence-corrected chi connectivity index (χ0v) is 9.77. The molecule has 17 heavy (non-hydrogen) atoms. The fourth-order valence-electron chi connectivity index (χ4n) is 1.18. The second-order valence-corrected chi connectivity index (χ2v) is 3.91. The van der Waals surface area contributed by atoms with Crippen LogP contribution in [0.5, 0.6) is 0 Å². The Morgan fingerprint density at radius 1 is 1.65 bits per heavy atom. The molecule has 0 saturated heterocycles. The van der Waals surface area contributed by atoms with E-state index >= 15 is 0 Å². The minimum absolute atomic E-state index is 0.0164. The van der Waals surface area contributed by atoms with Crippen molar-refractivity contribution in [2.45, 2.75) is 13.0 Å². The Bertz CT molecular complexity index is 448. The van der Waals surface area contributed by atoms with Crippen LogP contribution in [0.15, 0.2) is 18.2 Å². The minimum atomic E-state index is -0.725. The van der Waals surface area contributed by atoms with E-state index in [0.29, 0.717) is 0 Å². The lowest BCUT2D eigenvalue weighted by atomic mass is 10.1. The van der Waals surface area contributed by atoms with Gasteiger partial charge in [0.15, 0.2) is 0 Å². The number of rotatable bonds is 4. The van der Waals surface area contributed by atoms with E-state index in [9.17, 15) is 14.9 Å². The molecule has 1 aromatic carbocycles. The molecule has 0 saturated carbocycles. The highest BCUT2D eigenvalue weighted by molar-refractivity contribution is 6.31. The van der Waals surface area contributed by atoms with Crippen molar-refractivity contribution in [3.05, 3.63) is 38.9 Å². The van der Waals surface area contributed by atoms with Gasteiger partial charge in [0.2, 0.25) is 0 Å². The highest BCUT2D eigenvalue weighted by Crippen LogP contribution is 2.22. The topological polar surface area (TPSA) is 92.5 Å². The van der Waals surface area contributed by atoms with Crippen LogP contribution in [0.2, 0.25) is 5.02 Å².